The van der Waals surface area contributed by atoms with E-state index in [1.165, 1.54) is 13.3 Å². The zero-order valence-corrected chi connectivity index (χ0v) is 13.3. The van der Waals surface area contributed by atoms with Gasteiger partial charge in [0.25, 0.3) is 0 Å². The molecule has 0 radical (unpaired) electrons. The summed E-state index contributed by atoms with van der Waals surface area (Å²) in [5.41, 5.74) is 0.413. The first-order chi connectivity index (χ1) is 10.3. The minimum Gasteiger partial charge on any atom is -0.468 e. The second-order valence-corrected chi connectivity index (χ2v) is 5.55. The molecule has 0 saturated heterocycles. The normalized spacial score (nSPS) is 12.3. The van der Waals surface area contributed by atoms with Crippen molar-refractivity contribution < 1.29 is 27.8 Å². The molecule has 1 unspecified atom stereocenters. The summed E-state index contributed by atoms with van der Waals surface area (Å²) in [4.78, 5) is 27.2. The van der Waals surface area contributed by atoms with Crippen LogP contribution in [0.5, 0.6) is 0 Å². The van der Waals surface area contributed by atoms with E-state index >= 15 is 0 Å². The van der Waals surface area contributed by atoms with Crippen LogP contribution in [-0.4, -0.2) is 49.7 Å². The second kappa shape index (κ2) is 8.57. The maximum atomic E-state index is 12.0. The van der Waals surface area contributed by atoms with Crippen LogP contribution < -0.4 is 0 Å². The maximum absolute atomic E-state index is 12.0. The fourth-order valence-electron chi connectivity index (χ4n) is 1.58. The molecule has 22 heavy (non-hydrogen) atoms. The average Bonchev–Trinajstić information content (AvgIpc) is 2.45. The van der Waals surface area contributed by atoms with Crippen LogP contribution >= 0.6 is 0 Å². The highest BCUT2D eigenvalue weighted by molar-refractivity contribution is 7.76. The molecule has 1 aromatic rings. The van der Waals surface area contributed by atoms with Crippen molar-refractivity contribution in [3.8, 4) is 0 Å². The van der Waals surface area contributed by atoms with Gasteiger partial charge in [0.2, 0.25) is 11.3 Å². The van der Waals surface area contributed by atoms with Crippen molar-refractivity contribution in [3.05, 3.63) is 29.6 Å². The van der Waals surface area contributed by atoms with Crippen molar-refractivity contribution in [1.82, 2.24) is 9.29 Å². The largest absolute Gasteiger partial charge is 0.468 e. The number of pyridine rings is 1. The van der Waals surface area contributed by atoms with Crippen molar-refractivity contribution in [3.63, 3.8) is 0 Å². The molecule has 0 amide bonds. The molecule has 1 atom stereocenters. The predicted molar refractivity (Wildman–Crippen MR) is 78.0 cm³/mol. The topological polar surface area (TPSA) is 106 Å². The SMILES string of the molecule is COC(=O)CN(Cc1cccnc1C(=O)OC(C)C)S(=O)O. The quantitative estimate of drug-likeness (QED) is 0.581. The Bertz CT molecular complexity index is 563. The Morgan fingerprint density at radius 3 is 2.68 bits per heavy atom. The Morgan fingerprint density at radius 2 is 2.14 bits per heavy atom. The van der Waals surface area contributed by atoms with Gasteiger partial charge in [-0.05, 0) is 19.9 Å². The van der Waals surface area contributed by atoms with Gasteiger partial charge in [0.05, 0.1) is 13.2 Å². The van der Waals surface area contributed by atoms with Crippen molar-refractivity contribution in [1.29, 1.82) is 0 Å². The Labute approximate surface area is 130 Å². The number of methoxy groups -OCH3 is 1. The number of nitrogens with zero attached hydrogens (tertiary/aromatic N) is 2. The third-order valence-corrected chi connectivity index (χ3v) is 3.23. The Hall–Kier alpha value is -1.84. The molecule has 0 spiro atoms. The van der Waals surface area contributed by atoms with Crippen LogP contribution in [0.2, 0.25) is 0 Å². The van der Waals surface area contributed by atoms with Crippen LogP contribution in [-0.2, 0) is 32.1 Å². The molecule has 1 heterocycles. The number of aromatic nitrogens is 1. The van der Waals surface area contributed by atoms with Gasteiger partial charge in [-0.15, -0.1) is 0 Å². The Morgan fingerprint density at radius 1 is 1.45 bits per heavy atom. The minimum atomic E-state index is -2.41. The van der Waals surface area contributed by atoms with Crippen LogP contribution in [0.3, 0.4) is 0 Å². The third-order valence-electron chi connectivity index (χ3n) is 2.53. The summed E-state index contributed by atoms with van der Waals surface area (Å²) in [6, 6.07) is 3.15. The number of ether oxygens (including phenoxy) is 2. The van der Waals surface area contributed by atoms with Crippen molar-refractivity contribution in [2.45, 2.75) is 26.5 Å². The fraction of sp³-hybridized carbons (Fsp3) is 0.462. The first-order valence-electron chi connectivity index (χ1n) is 6.42. The van der Waals surface area contributed by atoms with E-state index in [0.29, 0.717) is 5.56 Å². The minimum absolute atomic E-state index is 0.0384. The van der Waals surface area contributed by atoms with E-state index in [2.05, 4.69) is 9.72 Å². The number of hydrogen-bond acceptors (Lipinski definition) is 6. The molecule has 122 valence electrons. The summed E-state index contributed by atoms with van der Waals surface area (Å²) < 4.78 is 31.0. The first kappa shape index (κ1) is 18.2. The van der Waals surface area contributed by atoms with Crippen LogP contribution in [0.4, 0.5) is 0 Å². The lowest BCUT2D eigenvalue weighted by atomic mass is 10.2. The lowest BCUT2D eigenvalue weighted by molar-refractivity contribution is -0.140. The van der Waals surface area contributed by atoms with E-state index < -0.39 is 29.7 Å². The van der Waals surface area contributed by atoms with Crippen molar-refractivity contribution >= 4 is 23.2 Å². The summed E-state index contributed by atoms with van der Waals surface area (Å²) in [5, 5.41) is 0. The highest BCUT2D eigenvalue weighted by atomic mass is 32.2. The van der Waals surface area contributed by atoms with Crippen LogP contribution in [0.25, 0.3) is 0 Å². The monoisotopic (exact) mass is 330 g/mol. The standard InChI is InChI=1S/C13H18N2O6S/c1-9(2)21-13(17)12-10(5-4-6-14-12)7-15(22(18)19)8-11(16)20-3/h4-6,9H,7-8H2,1-3H3,(H,18,19). The summed E-state index contributed by atoms with van der Waals surface area (Å²) in [5.74, 6) is -1.30. The first-order valence-corrected chi connectivity index (χ1v) is 7.49. The molecule has 0 fully saturated rings. The molecule has 0 bridgehead atoms. The molecule has 9 heteroatoms. The van der Waals surface area contributed by atoms with Gasteiger partial charge >= 0.3 is 11.9 Å². The molecular formula is C13H18N2O6S. The number of esters is 2. The van der Waals surface area contributed by atoms with E-state index in [1.807, 2.05) is 0 Å². The Balaban J connectivity index is 2.97. The van der Waals surface area contributed by atoms with E-state index in [4.69, 9.17) is 4.74 Å². The lowest BCUT2D eigenvalue weighted by Crippen LogP contribution is -2.32. The molecule has 0 aromatic carbocycles. The number of carbonyl (C=O) groups excluding carboxylic acids is 2. The van der Waals surface area contributed by atoms with Crippen LogP contribution in [0, 0.1) is 0 Å². The fourth-order valence-corrected chi connectivity index (χ4v) is 2.05. The maximum Gasteiger partial charge on any atom is 0.357 e. The summed E-state index contributed by atoms with van der Waals surface area (Å²) in [6.07, 6.45) is 1.10. The predicted octanol–water partition coefficient (Wildman–Crippen LogP) is 0.758. The molecule has 0 aliphatic rings. The summed E-state index contributed by atoms with van der Waals surface area (Å²) in [7, 11) is 1.18. The van der Waals surface area contributed by atoms with Crippen molar-refractivity contribution in [2.75, 3.05) is 13.7 Å². The number of hydrogen-bond donors (Lipinski definition) is 1. The van der Waals surface area contributed by atoms with Crippen LogP contribution in [0.15, 0.2) is 18.3 Å². The van der Waals surface area contributed by atoms with Gasteiger partial charge in [-0.1, -0.05) is 6.07 Å². The van der Waals surface area contributed by atoms with Gasteiger partial charge in [0.1, 0.15) is 6.54 Å². The van der Waals surface area contributed by atoms with E-state index in [-0.39, 0.29) is 18.3 Å². The molecular weight excluding hydrogens is 312 g/mol. The highest BCUT2D eigenvalue weighted by Gasteiger charge is 2.22. The van der Waals surface area contributed by atoms with Gasteiger partial charge in [0, 0.05) is 18.3 Å². The molecule has 1 aromatic heterocycles. The third kappa shape index (κ3) is 5.51. The van der Waals surface area contributed by atoms with Gasteiger partial charge < -0.3 is 9.47 Å². The summed E-state index contributed by atoms with van der Waals surface area (Å²) >= 11 is -2.41. The van der Waals surface area contributed by atoms with Crippen LogP contribution in [0.1, 0.15) is 29.9 Å². The molecule has 1 rings (SSSR count). The molecule has 8 nitrogen and oxygen atoms in total. The zero-order valence-electron chi connectivity index (χ0n) is 12.5. The number of carbonyl (C=O) groups is 2. The smallest absolute Gasteiger partial charge is 0.357 e. The molecule has 0 aliphatic heterocycles. The van der Waals surface area contributed by atoms with E-state index in [9.17, 15) is 18.4 Å². The summed E-state index contributed by atoms with van der Waals surface area (Å²) in [6.45, 7) is 2.88. The van der Waals surface area contributed by atoms with Gasteiger partial charge in [0.15, 0.2) is 5.69 Å². The zero-order chi connectivity index (χ0) is 16.7. The average molecular weight is 330 g/mol. The number of rotatable bonds is 7. The molecule has 0 saturated carbocycles. The second-order valence-electron chi connectivity index (χ2n) is 4.57. The van der Waals surface area contributed by atoms with E-state index in [0.717, 1.165) is 4.31 Å². The van der Waals surface area contributed by atoms with Gasteiger partial charge in [-0.2, -0.15) is 4.31 Å². The molecule has 1 N–H and O–H groups in total. The van der Waals surface area contributed by atoms with Gasteiger partial charge in [-0.25, -0.2) is 14.0 Å². The Kier molecular flexibility index (Phi) is 7.09. The highest BCUT2D eigenvalue weighted by Crippen LogP contribution is 2.12. The lowest BCUT2D eigenvalue weighted by Gasteiger charge is -2.17. The van der Waals surface area contributed by atoms with Gasteiger partial charge in [-0.3, -0.25) is 9.35 Å². The van der Waals surface area contributed by atoms with E-state index in [1.54, 1.807) is 26.0 Å². The van der Waals surface area contributed by atoms with Crippen molar-refractivity contribution in [2.24, 2.45) is 0 Å². The molecule has 0 aliphatic carbocycles.